The van der Waals surface area contributed by atoms with E-state index in [1.807, 2.05) is 19.4 Å². The van der Waals surface area contributed by atoms with Gasteiger partial charge >= 0.3 is 0 Å². The Morgan fingerprint density at radius 3 is 2.38 bits per heavy atom. The fraction of sp³-hybridized carbons (Fsp3) is 0.862. The highest BCUT2D eigenvalue weighted by Gasteiger charge is 2.58. The van der Waals surface area contributed by atoms with E-state index in [1.54, 1.807) is 0 Å². The molecule has 4 aliphatic carbocycles. The van der Waals surface area contributed by atoms with Crippen molar-refractivity contribution in [3.8, 4) is 0 Å². The number of fused-ring (bicyclic) bond motifs is 5. The van der Waals surface area contributed by atoms with Crippen LogP contribution in [-0.4, -0.2) is 16.9 Å². The fourth-order valence-electron chi connectivity index (χ4n) is 8.01. The lowest BCUT2D eigenvalue weighted by Crippen LogP contribution is -2.49. The van der Waals surface area contributed by atoms with Crippen molar-refractivity contribution < 1.29 is 14.7 Å². The van der Waals surface area contributed by atoms with Gasteiger partial charge in [-0.05, 0) is 78.9 Å². The Balaban J connectivity index is 0.000000547. The molecule has 0 amide bonds. The van der Waals surface area contributed by atoms with Gasteiger partial charge < -0.3 is 5.11 Å². The minimum Gasteiger partial charge on any atom is -0.481 e. The Hall–Kier alpha value is -1.12. The van der Waals surface area contributed by atoms with Gasteiger partial charge in [-0.15, -0.1) is 0 Å². The third-order valence-electron chi connectivity index (χ3n) is 9.67. The van der Waals surface area contributed by atoms with Crippen LogP contribution in [0.15, 0.2) is 11.6 Å². The van der Waals surface area contributed by atoms with Gasteiger partial charge in [0.25, 0.3) is 5.97 Å². The molecule has 0 aromatic rings. The van der Waals surface area contributed by atoms with Crippen LogP contribution in [0.4, 0.5) is 0 Å². The van der Waals surface area contributed by atoms with E-state index in [0.29, 0.717) is 22.5 Å². The normalized spacial score (nSPS) is 38.5. The van der Waals surface area contributed by atoms with Crippen molar-refractivity contribution in [2.24, 2.45) is 40.4 Å². The molecule has 184 valence electrons. The van der Waals surface area contributed by atoms with Crippen LogP contribution < -0.4 is 0 Å². The van der Waals surface area contributed by atoms with Gasteiger partial charge in [-0.3, -0.25) is 9.59 Å². The Morgan fingerprint density at radius 1 is 1.12 bits per heavy atom. The lowest BCUT2D eigenvalue weighted by molar-refractivity contribution is -0.134. The standard InChI is InChI=1S/C25H40O.C2H4O2.C2H6/c1-5-6-7-17(2)21-10-11-22-20-9-8-18-16-19(26)12-14-24(18,3)23(20)13-15-25(21,22)4;1-2(3)4;1-2/h9,17-18,21-23H,5-8,10-16H2,1-4H3;1H3,(H,3,4);1-2H3. The minimum absolute atomic E-state index is 0.408. The van der Waals surface area contributed by atoms with Crippen molar-refractivity contribution in [1.82, 2.24) is 0 Å². The molecule has 4 rings (SSSR count). The molecule has 3 heteroatoms. The lowest BCUT2D eigenvalue weighted by Gasteiger charge is -2.57. The van der Waals surface area contributed by atoms with E-state index in [-0.39, 0.29) is 0 Å². The Labute approximate surface area is 197 Å². The zero-order valence-electron chi connectivity index (χ0n) is 22.0. The molecule has 0 aromatic heterocycles. The number of Topliss-reactive ketones (excluding diaryl/α,β-unsaturated/α-hetero) is 1. The van der Waals surface area contributed by atoms with Crippen LogP contribution in [0, 0.1) is 40.4 Å². The summed E-state index contributed by atoms with van der Waals surface area (Å²) in [5.41, 5.74) is 2.80. The molecule has 7 atom stereocenters. The van der Waals surface area contributed by atoms with Crippen molar-refractivity contribution in [3.05, 3.63) is 11.6 Å². The third-order valence-corrected chi connectivity index (χ3v) is 9.67. The molecule has 7 unspecified atom stereocenters. The van der Waals surface area contributed by atoms with Gasteiger partial charge in [-0.25, -0.2) is 0 Å². The van der Waals surface area contributed by atoms with Gasteiger partial charge in [0.2, 0.25) is 0 Å². The summed E-state index contributed by atoms with van der Waals surface area (Å²) in [4.78, 5) is 21.0. The van der Waals surface area contributed by atoms with Crippen LogP contribution >= 0.6 is 0 Å². The zero-order chi connectivity index (χ0) is 24.1. The maximum atomic E-state index is 12.0. The predicted octanol–water partition coefficient (Wildman–Crippen LogP) is 8.08. The minimum atomic E-state index is -0.833. The molecule has 0 aliphatic heterocycles. The van der Waals surface area contributed by atoms with E-state index in [0.717, 1.165) is 49.9 Å². The first-order chi connectivity index (χ1) is 15.1. The van der Waals surface area contributed by atoms with Gasteiger partial charge in [-0.2, -0.15) is 0 Å². The molecule has 0 saturated heterocycles. The number of rotatable bonds is 4. The maximum Gasteiger partial charge on any atom is 0.300 e. The van der Waals surface area contributed by atoms with E-state index in [9.17, 15) is 4.79 Å². The first kappa shape index (κ1) is 27.1. The van der Waals surface area contributed by atoms with Crippen molar-refractivity contribution >= 4 is 11.8 Å². The van der Waals surface area contributed by atoms with E-state index in [1.165, 1.54) is 51.4 Å². The average Bonchev–Trinajstić information content (AvgIpc) is 3.11. The second-order valence-electron chi connectivity index (χ2n) is 11.4. The number of carbonyl (C=O) groups excluding carboxylic acids is 1. The molecule has 3 fully saturated rings. The van der Waals surface area contributed by atoms with Gasteiger partial charge in [0.1, 0.15) is 5.78 Å². The van der Waals surface area contributed by atoms with Crippen molar-refractivity contribution in [3.63, 3.8) is 0 Å². The number of ketones is 1. The topological polar surface area (TPSA) is 54.4 Å². The fourth-order valence-corrected chi connectivity index (χ4v) is 8.01. The number of carbonyl (C=O) groups is 2. The summed E-state index contributed by atoms with van der Waals surface area (Å²) >= 11 is 0. The molecular weight excluding hydrogens is 396 g/mol. The summed E-state index contributed by atoms with van der Waals surface area (Å²) in [5.74, 6) is 3.75. The summed E-state index contributed by atoms with van der Waals surface area (Å²) < 4.78 is 0. The SMILES string of the molecule is CC.CC(=O)O.CCCCC(C)C1CCC2C3=CCC4CC(=O)CCC4(C)C3CCC21C. The number of unbranched alkanes of at least 4 members (excludes halogenated alkanes) is 1. The number of aliphatic carboxylic acids is 1. The smallest absolute Gasteiger partial charge is 0.300 e. The molecule has 3 saturated carbocycles. The van der Waals surface area contributed by atoms with Crippen molar-refractivity contribution in [2.45, 2.75) is 119 Å². The van der Waals surface area contributed by atoms with Crippen molar-refractivity contribution in [2.75, 3.05) is 0 Å². The van der Waals surface area contributed by atoms with Gasteiger partial charge in [0.15, 0.2) is 0 Å². The van der Waals surface area contributed by atoms with E-state index in [4.69, 9.17) is 9.90 Å². The molecular formula is C29H50O3. The van der Waals surface area contributed by atoms with Crippen LogP contribution in [0.5, 0.6) is 0 Å². The largest absolute Gasteiger partial charge is 0.481 e. The molecule has 1 N–H and O–H groups in total. The number of carboxylic acids is 1. The van der Waals surface area contributed by atoms with E-state index in [2.05, 4.69) is 33.8 Å². The highest BCUT2D eigenvalue weighted by molar-refractivity contribution is 5.79. The van der Waals surface area contributed by atoms with E-state index < -0.39 is 5.97 Å². The first-order valence-corrected chi connectivity index (χ1v) is 13.5. The Kier molecular flexibility index (Phi) is 9.61. The molecule has 3 nitrogen and oxygen atoms in total. The molecule has 32 heavy (non-hydrogen) atoms. The number of allylic oxidation sites excluding steroid dienone is 2. The van der Waals surface area contributed by atoms with Crippen molar-refractivity contribution in [1.29, 1.82) is 0 Å². The molecule has 0 heterocycles. The Morgan fingerprint density at radius 2 is 1.75 bits per heavy atom. The number of carboxylic acid groups (broad SMARTS) is 1. The maximum absolute atomic E-state index is 12.0. The lowest BCUT2D eigenvalue weighted by atomic mass is 9.47. The quantitative estimate of drug-likeness (QED) is 0.444. The molecule has 4 aliphatic rings. The monoisotopic (exact) mass is 446 g/mol. The van der Waals surface area contributed by atoms with Gasteiger partial charge in [0.05, 0.1) is 0 Å². The van der Waals surface area contributed by atoms with Crippen LogP contribution in [-0.2, 0) is 9.59 Å². The average molecular weight is 447 g/mol. The molecule has 0 radical (unpaired) electrons. The van der Waals surface area contributed by atoms with Crippen LogP contribution in [0.25, 0.3) is 0 Å². The van der Waals surface area contributed by atoms with Crippen LogP contribution in [0.2, 0.25) is 0 Å². The van der Waals surface area contributed by atoms with Crippen LogP contribution in [0.1, 0.15) is 119 Å². The predicted molar refractivity (Wildman–Crippen MR) is 134 cm³/mol. The number of hydrogen-bond donors (Lipinski definition) is 1. The highest BCUT2D eigenvalue weighted by Crippen LogP contribution is 2.66. The molecule has 0 bridgehead atoms. The molecule has 0 aromatic carbocycles. The number of hydrogen-bond acceptors (Lipinski definition) is 2. The summed E-state index contributed by atoms with van der Waals surface area (Å²) in [6.07, 6.45) is 16.5. The van der Waals surface area contributed by atoms with Gasteiger partial charge in [-0.1, -0.05) is 72.5 Å². The van der Waals surface area contributed by atoms with E-state index >= 15 is 0 Å². The summed E-state index contributed by atoms with van der Waals surface area (Å²) in [7, 11) is 0. The third kappa shape index (κ3) is 5.33. The molecule has 0 spiro atoms. The second-order valence-corrected chi connectivity index (χ2v) is 11.4. The zero-order valence-corrected chi connectivity index (χ0v) is 22.0. The summed E-state index contributed by atoms with van der Waals surface area (Å²) in [6, 6.07) is 0. The highest BCUT2D eigenvalue weighted by atomic mass is 16.4. The van der Waals surface area contributed by atoms with Gasteiger partial charge in [0, 0.05) is 19.8 Å². The Bertz CT molecular complexity index is 676. The van der Waals surface area contributed by atoms with Crippen LogP contribution in [0.3, 0.4) is 0 Å². The second kappa shape index (κ2) is 11.3. The summed E-state index contributed by atoms with van der Waals surface area (Å²) in [5, 5.41) is 7.42. The summed E-state index contributed by atoms with van der Waals surface area (Å²) in [6.45, 7) is 15.1. The first-order valence-electron chi connectivity index (χ1n) is 13.5.